The van der Waals surface area contributed by atoms with Gasteiger partial charge in [0.1, 0.15) is 17.2 Å². The van der Waals surface area contributed by atoms with E-state index in [1.54, 1.807) is 24.3 Å². The Morgan fingerprint density at radius 1 is 0.590 bits per heavy atom. The number of hydrogen-bond donors (Lipinski definition) is 0. The smallest absolute Gasteiger partial charge is 0.343 e. The fraction of sp³-hybridized carbons (Fsp3) is 0.629. The zero-order valence-electron chi connectivity index (χ0n) is 24.6. The van der Waals surface area contributed by atoms with Gasteiger partial charge in [-0.15, -0.1) is 0 Å². The first kappa shape index (κ1) is 31.0. The van der Waals surface area contributed by atoms with Gasteiger partial charge in [0, 0.05) is 0 Å². The lowest BCUT2D eigenvalue weighted by molar-refractivity contribution is 0.0734. The van der Waals surface area contributed by atoms with Gasteiger partial charge in [0.25, 0.3) is 0 Å². The number of benzene rings is 2. The Kier molecular flexibility index (Phi) is 14.9. The first-order valence-electron chi connectivity index (χ1n) is 15.9. The number of hydrogen-bond acceptors (Lipinski definition) is 4. The molecule has 1 aliphatic carbocycles. The molecule has 2 aromatic rings. The van der Waals surface area contributed by atoms with Crippen molar-refractivity contribution in [2.45, 2.75) is 117 Å². The van der Waals surface area contributed by atoms with Crippen molar-refractivity contribution >= 4 is 5.97 Å². The molecule has 1 saturated carbocycles. The van der Waals surface area contributed by atoms with Crippen LogP contribution in [-0.4, -0.2) is 19.2 Å². The third-order valence-electron chi connectivity index (χ3n) is 8.10. The maximum absolute atomic E-state index is 12.5. The highest BCUT2D eigenvalue weighted by molar-refractivity contribution is 5.91. The van der Waals surface area contributed by atoms with E-state index in [1.165, 1.54) is 89.9 Å². The molecule has 0 amide bonds. The normalized spacial score (nSPS) is 17.1. The quantitative estimate of drug-likeness (QED) is 0.102. The summed E-state index contributed by atoms with van der Waals surface area (Å²) in [5.74, 6) is 3.61. The minimum Gasteiger partial charge on any atom is -0.494 e. The Morgan fingerprint density at radius 3 is 1.67 bits per heavy atom. The molecule has 2 aromatic carbocycles. The Bertz CT molecular complexity index is 897. The van der Waals surface area contributed by atoms with E-state index in [-0.39, 0.29) is 5.97 Å². The van der Waals surface area contributed by atoms with Crippen molar-refractivity contribution in [2.24, 2.45) is 11.8 Å². The van der Waals surface area contributed by atoms with Gasteiger partial charge in [-0.05, 0) is 79.6 Å². The highest BCUT2D eigenvalue weighted by Gasteiger charge is 2.20. The molecule has 0 radical (unpaired) electrons. The predicted octanol–water partition coefficient (Wildman–Crippen LogP) is 10.2. The second kappa shape index (κ2) is 18.7. The molecule has 1 fully saturated rings. The van der Waals surface area contributed by atoms with Gasteiger partial charge in [0.15, 0.2) is 0 Å². The average molecular weight is 537 g/mol. The van der Waals surface area contributed by atoms with Crippen LogP contribution in [-0.2, 0) is 0 Å². The summed E-state index contributed by atoms with van der Waals surface area (Å²) in [7, 11) is 0. The second-order valence-electron chi connectivity index (χ2n) is 11.4. The first-order valence-corrected chi connectivity index (χ1v) is 15.9. The Balaban J connectivity index is 1.28. The largest absolute Gasteiger partial charge is 0.494 e. The summed E-state index contributed by atoms with van der Waals surface area (Å²) in [6.45, 7) is 5.97. The molecule has 216 valence electrons. The molecule has 0 saturated heterocycles. The van der Waals surface area contributed by atoms with Crippen LogP contribution >= 0.6 is 0 Å². The SMILES string of the molecule is CCCCCCCCOc1ccc(C(=O)Oc2ccc(OCCC[C@H]3CC[C@H](CCCCC)CC3)cc2)cc1. The average Bonchev–Trinajstić information content (AvgIpc) is 2.97. The zero-order valence-corrected chi connectivity index (χ0v) is 24.6. The van der Waals surface area contributed by atoms with Gasteiger partial charge >= 0.3 is 5.97 Å². The topological polar surface area (TPSA) is 44.8 Å². The first-order chi connectivity index (χ1) is 19.2. The molecule has 0 aliphatic heterocycles. The van der Waals surface area contributed by atoms with Crippen molar-refractivity contribution in [2.75, 3.05) is 13.2 Å². The van der Waals surface area contributed by atoms with E-state index in [1.807, 2.05) is 24.3 Å². The van der Waals surface area contributed by atoms with Crippen LogP contribution in [0.3, 0.4) is 0 Å². The van der Waals surface area contributed by atoms with Crippen LogP contribution in [0.15, 0.2) is 48.5 Å². The maximum atomic E-state index is 12.5. The lowest BCUT2D eigenvalue weighted by Crippen LogP contribution is -2.15. The van der Waals surface area contributed by atoms with Crippen LogP contribution in [0.1, 0.15) is 127 Å². The van der Waals surface area contributed by atoms with Gasteiger partial charge in [-0.3, -0.25) is 0 Å². The van der Waals surface area contributed by atoms with Gasteiger partial charge < -0.3 is 14.2 Å². The van der Waals surface area contributed by atoms with Crippen LogP contribution < -0.4 is 14.2 Å². The van der Waals surface area contributed by atoms with Crippen LogP contribution in [0.2, 0.25) is 0 Å². The molecule has 39 heavy (non-hydrogen) atoms. The Morgan fingerprint density at radius 2 is 1.05 bits per heavy atom. The molecule has 1 aliphatic rings. The number of unbranched alkanes of at least 4 members (excludes halogenated alkanes) is 7. The molecule has 0 bridgehead atoms. The highest BCUT2D eigenvalue weighted by atomic mass is 16.5. The molecule has 4 nitrogen and oxygen atoms in total. The van der Waals surface area contributed by atoms with Crippen molar-refractivity contribution in [1.82, 2.24) is 0 Å². The summed E-state index contributed by atoms with van der Waals surface area (Å²) in [6, 6.07) is 14.5. The van der Waals surface area contributed by atoms with E-state index in [9.17, 15) is 4.79 Å². The fourth-order valence-corrected chi connectivity index (χ4v) is 5.58. The predicted molar refractivity (Wildman–Crippen MR) is 161 cm³/mol. The van der Waals surface area contributed by atoms with E-state index in [0.29, 0.717) is 17.9 Å². The van der Waals surface area contributed by atoms with Crippen molar-refractivity contribution < 1.29 is 19.0 Å². The molecule has 0 aromatic heterocycles. The molecular weight excluding hydrogens is 484 g/mol. The summed E-state index contributed by atoms with van der Waals surface area (Å²) >= 11 is 0. The summed E-state index contributed by atoms with van der Waals surface area (Å²) < 4.78 is 17.3. The molecule has 0 atom stereocenters. The van der Waals surface area contributed by atoms with Gasteiger partial charge in [0.2, 0.25) is 0 Å². The van der Waals surface area contributed by atoms with E-state index in [4.69, 9.17) is 14.2 Å². The van der Waals surface area contributed by atoms with Gasteiger partial charge in [-0.2, -0.15) is 0 Å². The lowest BCUT2D eigenvalue weighted by Gasteiger charge is -2.28. The number of rotatable bonds is 19. The molecule has 0 spiro atoms. The number of carbonyl (C=O) groups excluding carboxylic acids is 1. The number of carbonyl (C=O) groups is 1. The molecule has 3 rings (SSSR count). The van der Waals surface area contributed by atoms with Gasteiger partial charge in [-0.1, -0.05) is 97.3 Å². The monoisotopic (exact) mass is 536 g/mol. The minimum atomic E-state index is -0.369. The van der Waals surface area contributed by atoms with Gasteiger partial charge in [-0.25, -0.2) is 4.79 Å². The van der Waals surface area contributed by atoms with E-state index >= 15 is 0 Å². The van der Waals surface area contributed by atoms with Crippen LogP contribution in [0.5, 0.6) is 17.2 Å². The van der Waals surface area contributed by atoms with Crippen molar-refractivity contribution in [3.63, 3.8) is 0 Å². The van der Waals surface area contributed by atoms with Crippen molar-refractivity contribution in [1.29, 1.82) is 0 Å². The summed E-state index contributed by atoms with van der Waals surface area (Å²) in [6.07, 6.45) is 21.0. The molecular formula is C35H52O4. The molecule has 0 N–H and O–H groups in total. The van der Waals surface area contributed by atoms with E-state index in [2.05, 4.69) is 13.8 Å². The zero-order chi connectivity index (χ0) is 27.5. The highest BCUT2D eigenvalue weighted by Crippen LogP contribution is 2.34. The summed E-state index contributed by atoms with van der Waals surface area (Å²) in [5.41, 5.74) is 0.511. The second-order valence-corrected chi connectivity index (χ2v) is 11.4. The van der Waals surface area contributed by atoms with Crippen LogP contribution in [0.4, 0.5) is 0 Å². The van der Waals surface area contributed by atoms with Crippen LogP contribution in [0, 0.1) is 11.8 Å². The maximum Gasteiger partial charge on any atom is 0.343 e. The standard InChI is InChI=1S/C35H52O4/c1-3-5-7-8-9-11-27-37-32-21-19-31(20-22-32)35(36)39-34-25-23-33(24-26-34)38-28-12-14-30-17-15-29(16-18-30)13-10-6-4-2/h19-26,29-30H,3-18,27-28H2,1-2H3/t29-,30-. The lowest BCUT2D eigenvalue weighted by atomic mass is 9.78. The third-order valence-corrected chi connectivity index (χ3v) is 8.10. The molecule has 0 unspecified atom stereocenters. The van der Waals surface area contributed by atoms with Crippen molar-refractivity contribution in [3.8, 4) is 17.2 Å². The number of ether oxygens (including phenoxy) is 3. The minimum absolute atomic E-state index is 0.369. The third kappa shape index (κ3) is 12.5. The summed E-state index contributed by atoms with van der Waals surface area (Å²) in [4.78, 5) is 12.5. The van der Waals surface area contributed by atoms with E-state index < -0.39 is 0 Å². The van der Waals surface area contributed by atoms with E-state index in [0.717, 1.165) is 42.8 Å². The molecule has 0 heterocycles. The fourth-order valence-electron chi connectivity index (χ4n) is 5.58. The van der Waals surface area contributed by atoms with Crippen molar-refractivity contribution in [3.05, 3.63) is 54.1 Å². The number of esters is 1. The molecule has 4 heteroatoms. The summed E-state index contributed by atoms with van der Waals surface area (Å²) in [5, 5.41) is 0. The van der Waals surface area contributed by atoms with Gasteiger partial charge in [0.05, 0.1) is 18.8 Å². The van der Waals surface area contributed by atoms with Crippen LogP contribution in [0.25, 0.3) is 0 Å². The Hall–Kier alpha value is -2.49. The Labute approximate surface area is 237 Å².